The van der Waals surface area contributed by atoms with Crippen molar-refractivity contribution < 1.29 is 19.8 Å². The van der Waals surface area contributed by atoms with Gasteiger partial charge in [0, 0.05) is 17.8 Å². The zero-order valence-electron chi connectivity index (χ0n) is 12.9. The second-order valence-corrected chi connectivity index (χ2v) is 4.88. The fourth-order valence-corrected chi connectivity index (χ4v) is 2.60. The van der Waals surface area contributed by atoms with Crippen LogP contribution in [0.4, 0.5) is 11.4 Å². The Morgan fingerprint density at radius 2 is 1.35 bits per heavy atom. The van der Waals surface area contributed by atoms with Gasteiger partial charge in [-0.2, -0.15) is 0 Å². The number of hydrogen-bond acceptors (Lipinski definition) is 6. The van der Waals surface area contributed by atoms with Crippen LogP contribution in [0.1, 0.15) is 45.7 Å². The quantitative estimate of drug-likeness (QED) is 0.436. The molecular weight excluding hydrogens is 296 g/mol. The summed E-state index contributed by atoms with van der Waals surface area (Å²) >= 11 is 0. The van der Waals surface area contributed by atoms with Crippen molar-refractivity contribution >= 4 is 22.9 Å². The Kier molecular flexibility index (Phi) is 4.27. The zero-order valence-corrected chi connectivity index (χ0v) is 12.9. The SMILES string of the molecule is CC.Nc1ccc(O)c2c1CC(=O)c1c(O)ccc(N)c1C2=O. The second-order valence-electron chi connectivity index (χ2n) is 4.88. The predicted molar refractivity (Wildman–Crippen MR) is 87.9 cm³/mol. The first-order valence-corrected chi connectivity index (χ1v) is 7.21. The minimum Gasteiger partial charge on any atom is -0.507 e. The maximum absolute atomic E-state index is 12.7. The molecule has 0 saturated heterocycles. The average molecular weight is 314 g/mol. The van der Waals surface area contributed by atoms with Gasteiger partial charge in [-0.3, -0.25) is 9.59 Å². The standard InChI is InChI=1S/C15H12N2O4.C2H6/c16-7-1-3-9(18)12-6(7)5-11(20)14-10(19)4-2-8(17)13(14)15(12)21;1-2/h1-4,18-19H,5,16-17H2;1-2H3. The number of anilines is 2. The summed E-state index contributed by atoms with van der Waals surface area (Å²) < 4.78 is 0. The number of carbonyl (C=O) groups is 2. The van der Waals surface area contributed by atoms with Gasteiger partial charge in [0.05, 0.1) is 16.7 Å². The van der Waals surface area contributed by atoms with Gasteiger partial charge in [0.1, 0.15) is 11.5 Å². The average Bonchev–Trinajstić information content (AvgIpc) is 2.65. The molecular formula is C17H18N2O4. The number of nitrogens with two attached hydrogens (primary N) is 2. The lowest BCUT2D eigenvalue weighted by Crippen LogP contribution is -2.10. The second kappa shape index (κ2) is 6.00. The molecule has 23 heavy (non-hydrogen) atoms. The Hall–Kier alpha value is -3.02. The van der Waals surface area contributed by atoms with Crippen LogP contribution in [-0.2, 0) is 6.42 Å². The summed E-state index contributed by atoms with van der Waals surface area (Å²) in [5.41, 5.74) is 11.9. The van der Waals surface area contributed by atoms with Crippen LogP contribution >= 0.6 is 0 Å². The van der Waals surface area contributed by atoms with Gasteiger partial charge in [-0.25, -0.2) is 0 Å². The summed E-state index contributed by atoms with van der Waals surface area (Å²) in [6, 6.07) is 5.32. The Labute approximate surface area is 133 Å². The van der Waals surface area contributed by atoms with Gasteiger partial charge < -0.3 is 21.7 Å². The van der Waals surface area contributed by atoms with Crippen LogP contribution in [0.5, 0.6) is 11.5 Å². The molecule has 6 nitrogen and oxygen atoms in total. The first-order valence-electron chi connectivity index (χ1n) is 7.21. The number of phenolic OH excluding ortho intramolecular Hbond substituents is 2. The summed E-state index contributed by atoms with van der Waals surface area (Å²) in [4.78, 5) is 25.0. The molecule has 2 aromatic rings. The summed E-state index contributed by atoms with van der Waals surface area (Å²) in [7, 11) is 0. The summed E-state index contributed by atoms with van der Waals surface area (Å²) in [6.45, 7) is 4.00. The smallest absolute Gasteiger partial charge is 0.200 e. The molecule has 0 radical (unpaired) electrons. The van der Waals surface area contributed by atoms with Gasteiger partial charge in [-0.05, 0) is 29.8 Å². The highest BCUT2D eigenvalue weighted by atomic mass is 16.3. The van der Waals surface area contributed by atoms with E-state index in [4.69, 9.17) is 11.5 Å². The Morgan fingerprint density at radius 3 is 1.96 bits per heavy atom. The van der Waals surface area contributed by atoms with E-state index < -0.39 is 11.6 Å². The molecule has 0 amide bonds. The van der Waals surface area contributed by atoms with Gasteiger partial charge in [0.2, 0.25) is 0 Å². The molecule has 6 heteroatoms. The lowest BCUT2D eigenvalue weighted by atomic mass is 9.95. The number of nitrogen functional groups attached to an aromatic ring is 2. The van der Waals surface area contributed by atoms with E-state index in [0.717, 1.165) is 0 Å². The fourth-order valence-electron chi connectivity index (χ4n) is 2.60. The predicted octanol–water partition coefficient (Wildman–Crippen LogP) is 2.26. The highest BCUT2D eigenvalue weighted by Crippen LogP contribution is 2.38. The van der Waals surface area contributed by atoms with Crippen molar-refractivity contribution in [2.75, 3.05) is 11.5 Å². The van der Waals surface area contributed by atoms with E-state index >= 15 is 0 Å². The largest absolute Gasteiger partial charge is 0.507 e. The molecule has 0 aliphatic heterocycles. The molecule has 0 fully saturated rings. The van der Waals surface area contributed by atoms with E-state index in [9.17, 15) is 19.8 Å². The molecule has 120 valence electrons. The molecule has 0 heterocycles. The normalized spacial score (nSPS) is 12.6. The van der Waals surface area contributed by atoms with E-state index in [1.807, 2.05) is 13.8 Å². The van der Waals surface area contributed by atoms with Crippen molar-refractivity contribution in [2.45, 2.75) is 20.3 Å². The van der Waals surface area contributed by atoms with Crippen molar-refractivity contribution in [3.63, 3.8) is 0 Å². The van der Waals surface area contributed by atoms with E-state index in [1.54, 1.807) is 0 Å². The third-order valence-electron chi connectivity index (χ3n) is 3.61. The number of Topliss-reactive ketones (excluding diaryl/α,β-unsaturated/α-hetero) is 1. The maximum Gasteiger partial charge on any atom is 0.200 e. The molecule has 6 N–H and O–H groups in total. The van der Waals surface area contributed by atoms with Gasteiger partial charge in [0.15, 0.2) is 11.6 Å². The van der Waals surface area contributed by atoms with Crippen molar-refractivity contribution in [1.82, 2.24) is 0 Å². The number of phenols is 2. The number of aromatic hydroxyl groups is 2. The van der Waals surface area contributed by atoms with Crippen LogP contribution in [0.2, 0.25) is 0 Å². The summed E-state index contributed by atoms with van der Waals surface area (Å²) in [5, 5.41) is 19.8. The molecule has 0 aromatic heterocycles. The van der Waals surface area contributed by atoms with Crippen molar-refractivity contribution in [3.05, 3.63) is 46.5 Å². The van der Waals surface area contributed by atoms with Crippen LogP contribution in [0.3, 0.4) is 0 Å². The Morgan fingerprint density at radius 1 is 0.826 bits per heavy atom. The molecule has 2 aromatic carbocycles. The molecule has 1 aliphatic carbocycles. The van der Waals surface area contributed by atoms with Crippen LogP contribution in [0.15, 0.2) is 24.3 Å². The summed E-state index contributed by atoms with van der Waals surface area (Å²) in [6.07, 6.45) is -0.189. The topological polar surface area (TPSA) is 127 Å². The van der Waals surface area contributed by atoms with Crippen LogP contribution in [0.25, 0.3) is 0 Å². The molecule has 0 saturated carbocycles. The van der Waals surface area contributed by atoms with E-state index in [2.05, 4.69) is 0 Å². The molecule has 0 bridgehead atoms. The third-order valence-corrected chi connectivity index (χ3v) is 3.61. The van der Waals surface area contributed by atoms with Gasteiger partial charge in [-0.15, -0.1) is 0 Å². The number of fused-ring (bicyclic) bond motifs is 2. The van der Waals surface area contributed by atoms with Crippen molar-refractivity contribution in [1.29, 1.82) is 0 Å². The van der Waals surface area contributed by atoms with Crippen LogP contribution < -0.4 is 11.5 Å². The molecule has 1 aliphatic rings. The number of carbonyl (C=O) groups excluding carboxylic acids is 2. The van der Waals surface area contributed by atoms with Gasteiger partial charge in [0.25, 0.3) is 0 Å². The minimum absolute atomic E-state index is 0.0422. The summed E-state index contributed by atoms with van der Waals surface area (Å²) in [5.74, 6) is -1.68. The highest BCUT2D eigenvalue weighted by Gasteiger charge is 2.33. The Bertz CT molecular complexity index is 813. The van der Waals surface area contributed by atoms with Gasteiger partial charge in [-0.1, -0.05) is 13.8 Å². The molecule has 0 unspecified atom stereocenters. The van der Waals surface area contributed by atoms with E-state index in [-0.39, 0.29) is 51.5 Å². The van der Waals surface area contributed by atoms with Crippen molar-refractivity contribution in [2.24, 2.45) is 0 Å². The van der Waals surface area contributed by atoms with E-state index in [1.165, 1.54) is 24.3 Å². The minimum atomic E-state index is -0.621. The Balaban J connectivity index is 0.000000924. The number of hydrogen-bond donors (Lipinski definition) is 4. The van der Waals surface area contributed by atoms with Crippen LogP contribution in [0, 0.1) is 0 Å². The zero-order chi connectivity index (χ0) is 17.3. The van der Waals surface area contributed by atoms with Crippen molar-refractivity contribution in [3.8, 4) is 11.5 Å². The number of ketones is 2. The number of benzene rings is 2. The lowest BCUT2D eigenvalue weighted by molar-refractivity contribution is 0.0982. The van der Waals surface area contributed by atoms with Gasteiger partial charge >= 0.3 is 0 Å². The maximum atomic E-state index is 12.7. The van der Waals surface area contributed by atoms with E-state index in [0.29, 0.717) is 0 Å². The monoisotopic (exact) mass is 314 g/mol. The molecule has 0 atom stereocenters. The first-order chi connectivity index (χ1) is 10.9. The fraction of sp³-hybridized carbons (Fsp3) is 0.176. The molecule has 3 rings (SSSR count). The third kappa shape index (κ3) is 2.48. The van der Waals surface area contributed by atoms with Crippen LogP contribution in [-0.4, -0.2) is 21.8 Å². The first kappa shape index (κ1) is 16.4. The number of rotatable bonds is 0. The lowest BCUT2D eigenvalue weighted by Gasteiger charge is -2.11. The molecule has 0 spiro atoms. The highest BCUT2D eigenvalue weighted by molar-refractivity contribution is 6.24.